The molecule has 0 saturated heterocycles. The number of anilines is 1. The van der Waals surface area contributed by atoms with E-state index in [-0.39, 0.29) is 12.2 Å². The van der Waals surface area contributed by atoms with Gasteiger partial charge in [0.05, 0.1) is 4.47 Å². The lowest BCUT2D eigenvalue weighted by Gasteiger charge is -2.14. The zero-order chi connectivity index (χ0) is 22.4. The largest absolute Gasteiger partial charge is 0.487 e. The number of nitrogens with one attached hydrogen (secondary N) is 1. The highest BCUT2D eigenvalue weighted by molar-refractivity contribution is 9.11. The van der Waals surface area contributed by atoms with E-state index in [2.05, 4.69) is 37.2 Å². The van der Waals surface area contributed by atoms with E-state index in [0.717, 1.165) is 10.0 Å². The van der Waals surface area contributed by atoms with Gasteiger partial charge in [0.1, 0.15) is 24.0 Å². The van der Waals surface area contributed by atoms with Gasteiger partial charge in [0.2, 0.25) is 0 Å². The van der Waals surface area contributed by atoms with Gasteiger partial charge in [0.25, 0.3) is 5.91 Å². The lowest BCUT2D eigenvalue weighted by atomic mass is 10.1. The second-order valence-corrected chi connectivity index (χ2v) is 8.93. The average Bonchev–Trinajstić information content (AvgIpc) is 2.73. The number of amides is 1. The molecular weight excluding hydrogens is 567 g/mol. The highest BCUT2D eigenvalue weighted by atomic mass is 79.9. The van der Waals surface area contributed by atoms with Crippen LogP contribution in [0.15, 0.2) is 75.2 Å². The Labute approximate surface area is 206 Å². The predicted octanol–water partition coefficient (Wildman–Crippen LogP) is 7.64. The van der Waals surface area contributed by atoms with Gasteiger partial charge in [-0.05, 0) is 58.4 Å². The average molecular weight is 581 g/mol. The lowest BCUT2D eigenvalue weighted by Crippen LogP contribution is -2.13. The van der Waals surface area contributed by atoms with Crippen molar-refractivity contribution < 1.29 is 9.53 Å². The van der Waals surface area contributed by atoms with E-state index in [0.29, 0.717) is 31.5 Å². The number of para-hydroxylation sites is 1. The fourth-order valence-electron chi connectivity index (χ4n) is 2.65. The Morgan fingerprint density at radius 1 is 1.10 bits per heavy atom. The van der Waals surface area contributed by atoms with Crippen molar-refractivity contribution >= 4 is 72.7 Å². The minimum Gasteiger partial charge on any atom is -0.487 e. The Balaban J connectivity index is 1.90. The third kappa shape index (κ3) is 6.34. The lowest BCUT2D eigenvalue weighted by molar-refractivity contribution is -0.112. The molecule has 1 amide bonds. The van der Waals surface area contributed by atoms with Crippen LogP contribution >= 0.6 is 55.1 Å². The molecule has 3 aromatic rings. The molecule has 0 atom stereocenters. The molecule has 0 aromatic heterocycles. The molecule has 0 spiro atoms. The summed E-state index contributed by atoms with van der Waals surface area (Å²) < 4.78 is 7.40. The molecule has 3 rings (SSSR count). The SMILES string of the molecule is N#C/C(=C\c1cc(Br)cc(Br)c1OCc1ccc(Cl)cc1Cl)C(=O)Nc1ccccc1. The summed E-state index contributed by atoms with van der Waals surface area (Å²) in [4.78, 5) is 12.6. The van der Waals surface area contributed by atoms with Crippen LogP contribution in [0.4, 0.5) is 5.69 Å². The first kappa shape index (κ1) is 23.4. The number of hydrogen-bond acceptors (Lipinski definition) is 3. The monoisotopic (exact) mass is 578 g/mol. The molecule has 0 radical (unpaired) electrons. The highest BCUT2D eigenvalue weighted by Gasteiger charge is 2.15. The second-order valence-electron chi connectivity index (χ2n) is 6.32. The Morgan fingerprint density at radius 3 is 2.52 bits per heavy atom. The smallest absolute Gasteiger partial charge is 0.266 e. The summed E-state index contributed by atoms with van der Waals surface area (Å²) in [6, 6.07) is 19.6. The maximum atomic E-state index is 12.6. The zero-order valence-corrected chi connectivity index (χ0v) is 20.5. The number of ether oxygens (including phenoxy) is 1. The van der Waals surface area contributed by atoms with Crippen molar-refractivity contribution in [2.75, 3.05) is 5.32 Å². The van der Waals surface area contributed by atoms with Crippen LogP contribution in [0.1, 0.15) is 11.1 Å². The van der Waals surface area contributed by atoms with Crippen LogP contribution in [0.25, 0.3) is 6.08 Å². The maximum Gasteiger partial charge on any atom is 0.266 e. The Morgan fingerprint density at radius 2 is 1.84 bits per heavy atom. The third-order valence-electron chi connectivity index (χ3n) is 4.12. The van der Waals surface area contributed by atoms with Crippen molar-refractivity contribution in [3.8, 4) is 11.8 Å². The Hall–Kier alpha value is -2.30. The van der Waals surface area contributed by atoms with Crippen molar-refractivity contribution in [3.63, 3.8) is 0 Å². The number of nitriles is 1. The van der Waals surface area contributed by atoms with Crippen LogP contribution < -0.4 is 10.1 Å². The van der Waals surface area contributed by atoms with Crippen molar-refractivity contribution in [3.05, 3.63) is 96.4 Å². The standard InChI is InChI=1S/C23H14Br2Cl2N2O2/c24-17-9-15(8-16(12-28)23(30)29-19-4-2-1-3-5-19)22(20(25)10-17)31-13-14-6-7-18(26)11-21(14)27/h1-11H,13H2,(H,29,30)/b16-8+. The molecule has 3 aromatic carbocycles. The van der Waals surface area contributed by atoms with E-state index < -0.39 is 5.91 Å². The second kappa shape index (κ2) is 10.8. The predicted molar refractivity (Wildman–Crippen MR) is 131 cm³/mol. The highest BCUT2D eigenvalue weighted by Crippen LogP contribution is 2.35. The summed E-state index contributed by atoms with van der Waals surface area (Å²) in [7, 11) is 0. The molecule has 4 nitrogen and oxygen atoms in total. The van der Waals surface area contributed by atoms with Crippen LogP contribution in [0.2, 0.25) is 10.0 Å². The number of benzene rings is 3. The number of rotatable bonds is 6. The van der Waals surface area contributed by atoms with Crippen LogP contribution in [0.3, 0.4) is 0 Å². The molecule has 0 aliphatic heterocycles. The minimum absolute atomic E-state index is 0.0665. The summed E-state index contributed by atoms with van der Waals surface area (Å²) in [6.45, 7) is 0.176. The molecule has 0 aliphatic carbocycles. The van der Waals surface area contributed by atoms with Gasteiger partial charge in [-0.2, -0.15) is 5.26 Å². The molecule has 1 N–H and O–H groups in total. The molecule has 0 fully saturated rings. The van der Waals surface area contributed by atoms with E-state index in [1.54, 1.807) is 48.5 Å². The first-order valence-corrected chi connectivity index (χ1v) is 11.3. The molecule has 0 aliphatic rings. The van der Waals surface area contributed by atoms with E-state index in [1.165, 1.54) is 6.08 Å². The zero-order valence-electron chi connectivity index (χ0n) is 15.8. The normalized spacial score (nSPS) is 11.0. The van der Waals surface area contributed by atoms with Crippen LogP contribution in [0, 0.1) is 11.3 Å². The van der Waals surface area contributed by atoms with Crippen molar-refractivity contribution in [1.82, 2.24) is 0 Å². The summed E-state index contributed by atoms with van der Waals surface area (Å²) in [5.74, 6) is -0.0500. The van der Waals surface area contributed by atoms with Gasteiger partial charge in [-0.15, -0.1) is 0 Å². The summed E-state index contributed by atoms with van der Waals surface area (Å²) >= 11 is 19.1. The number of halogens is 4. The topological polar surface area (TPSA) is 62.1 Å². The van der Waals surface area contributed by atoms with Crippen LogP contribution in [-0.4, -0.2) is 5.91 Å². The van der Waals surface area contributed by atoms with E-state index in [9.17, 15) is 10.1 Å². The number of carbonyl (C=O) groups excluding carboxylic acids is 1. The van der Waals surface area contributed by atoms with E-state index in [4.69, 9.17) is 27.9 Å². The molecule has 0 saturated carbocycles. The maximum absolute atomic E-state index is 12.6. The Kier molecular flexibility index (Phi) is 8.16. The van der Waals surface area contributed by atoms with Gasteiger partial charge < -0.3 is 10.1 Å². The van der Waals surface area contributed by atoms with Gasteiger partial charge in [0.15, 0.2) is 0 Å². The van der Waals surface area contributed by atoms with Crippen molar-refractivity contribution in [2.45, 2.75) is 6.61 Å². The van der Waals surface area contributed by atoms with Gasteiger partial charge in [-0.1, -0.05) is 63.4 Å². The Bertz CT molecular complexity index is 1190. The molecule has 31 heavy (non-hydrogen) atoms. The van der Waals surface area contributed by atoms with E-state index in [1.807, 2.05) is 18.2 Å². The minimum atomic E-state index is -0.517. The number of carbonyl (C=O) groups is 1. The molecule has 0 unspecified atom stereocenters. The first-order valence-electron chi connectivity index (χ1n) is 8.91. The summed E-state index contributed by atoms with van der Waals surface area (Å²) in [6.07, 6.45) is 1.48. The van der Waals surface area contributed by atoms with Crippen molar-refractivity contribution in [2.24, 2.45) is 0 Å². The quantitative estimate of drug-likeness (QED) is 0.241. The van der Waals surface area contributed by atoms with Crippen LogP contribution in [-0.2, 0) is 11.4 Å². The number of hydrogen-bond donors (Lipinski definition) is 1. The molecular formula is C23H14Br2Cl2N2O2. The first-order chi connectivity index (χ1) is 14.9. The third-order valence-corrected chi connectivity index (χ3v) is 5.75. The fourth-order valence-corrected chi connectivity index (χ4v) is 4.49. The molecule has 0 heterocycles. The summed E-state index contributed by atoms with van der Waals surface area (Å²) in [5.41, 5.74) is 1.82. The van der Waals surface area contributed by atoms with Gasteiger partial charge >= 0.3 is 0 Å². The van der Waals surface area contributed by atoms with Gasteiger partial charge in [-0.25, -0.2) is 0 Å². The van der Waals surface area contributed by atoms with E-state index >= 15 is 0 Å². The van der Waals surface area contributed by atoms with Crippen molar-refractivity contribution in [1.29, 1.82) is 5.26 Å². The number of nitrogens with zero attached hydrogens (tertiary/aromatic N) is 1. The summed E-state index contributed by atoms with van der Waals surface area (Å²) in [5, 5.41) is 13.3. The fraction of sp³-hybridized carbons (Fsp3) is 0.0435. The molecule has 0 bridgehead atoms. The van der Waals surface area contributed by atoms with Crippen LogP contribution in [0.5, 0.6) is 5.75 Å². The molecule has 156 valence electrons. The van der Waals surface area contributed by atoms with Gasteiger partial charge in [0, 0.05) is 31.3 Å². The molecule has 8 heteroatoms. The van der Waals surface area contributed by atoms with Gasteiger partial charge in [-0.3, -0.25) is 4.79 Å².